The fourth-order valence-corrected chi connectivity index (χ4v) is 2.92. The number of ether oxygens (including phenoxy) is 4. The van der Waals surface area contributed by atoms with Crippen LogP contribution in [0.5, 0.6) is 23.0 Å². The molecule has 0 aliphatic rings. The fraction of sp³-hybridized carbons (Fsp3) is 0.300. The number of nitrogens with one attached hydrogen (secondary N) is 1. The number of benzene rings is 2. The number of halogens is 2. The van der Waals surface area contributed by atoms with Crippen molar-refractivity contribution in [1.82, 2.24) is 0 Å². The van der Waals surface area contributed by atoms with E-state index in [-0.39, 0.29) is 27.2 Å². The lowest BCUT2D eigenvalue weighted by atomic mass is 10.2. The van der Waals surface area contributed by atoms with Crippen LogP contribution in [0.4, 0.5) is 11.4 Å². The molecule has 166 valence electrons. The molecule has 0 aliphatic heterocycles. The molecule has 0 saturated carbocycles. The highest BCUT2D eigenvalue weighted by Gasteiger charge is 2.25. The molecule has 1 amide bonds. The van der Waals surface area contributed by atoms with E-state index < -0.39 is 17.7 Å². The first-order valence-corrected chi connectivity index (χ1v) is 9.56. The number of carbonyl (C=O) groups excluding carboxylic acids is 2. The van der Waals surface area contributed by atoms with Gasteiger partial charge in [-0.3, -0.25) is 9.59 Å². The van der Waals surface area contributed by atoms with Gasteiger partial charge in [-0.25, -0.2) is 0 Å². The van der Waals surface area contributed by atoms with Crippen LogP contribution in [0, 0.1) is 0 Å². The van der Waals surface area contributed by atoms with E-state index in [1.54, 1.807) is 12.1 Å². The van der Waals surface area contributed by atoms with Crippen molar-refractivity contribution in [1.29, 1.82) is 0 Å². The molecule has 2 rings (SSSR count). The minimum absolute atomic E-state index is 0.136. The average Bonchev–Trinajstić information content (AvgIpc) is 2.75. The van der Waals surface area contributed by atoms with Crippen LogP contribution in [0.25, 0.3) is 0 Å². The second kappa shape index (κ2) is 10.8. The molecule has 2 aromatic carbocycles. The van der Waals surface area contributed by atoms with E-state index >= 15 is 0 Å². The second-order valence-electron chi connectivity index (χ2n) is 6.07. The lowest BCUT2D eigenvalue weighted by molar-refractivity contribution is -0.126. The molecule has 2 aromatic rings. The number of methoxy groups -OCH3 is 4. The normalized spacial score (nSPS) is 11.7. The van der Waals surface area contributed by atoms with Gasteiger partial charge in [-0.1, -0.05) is 23.2 Å². The summed E-state index contributed by atoms with van der Waals surface area (Å²) >= 11 is 12.5. The summed E-state index contributed by atoms with van der Waals surface area (Å²) < 4.78 is 20.7. The summed E-state index contributed by atoms with van der Waals surface area (Å²) in [6.45, 7) is 1.21. The quantitative estimate of drug-likeness (QED) is 0.420. The molecule has 0 heterocycles. The van der Waals surface area contributed by atoms with Crippen molar-refractivity contribution < 1.29 is 28.5 Å². The van der Waals surface area contributed by atoms with Gasteiger partial charge >= 0.3 is 0 Å². The number of carbonyl (C=O) groups is 2. The van der Waals surface area contributed by atoms with Gasteiger partial charge in [0.25, 0.3) is 5.91 Å². The van der Waals surface area contributed by atoms with Crippen molar-refractivity contribution in [2.45, 2.75) is 13.0 Å². The van der Waals surface area contributed by atoms with Crippen molar-refractivity contribution in [2.24, 2.45) is 10.2 Å². The Labute approximate surface area is 189 Å². The zero-order valence-corrected chi connectivity index (χ0v) is 19.0. The number of Topliss-reactive ketones (excluding diaryl/α,β-unsaturated/α-hetero) is 1. The molecule has 0 fully saturated rings. The number of rotatable bonds is 9. The van der Waals surface area contributed by atoms with Gasteiger partial charge in [-0.2, -0.15) is 10.2 Å². The lowest BCUT2D eigenvalue weighted by Gasteiger charge is -2.14. The highest BCUT2D eigenvalue weighted by molar-refractivity contribution is 6.35. The Balaban J connectivity index is 2.36. The van der Waals surface area contributed by atoms with Gasteiger partial charge in [0.1, 0.15) is 38.7 Å². The number of anilines is 1. The first-order valence-electron chi connectivity index (χ1n) is 8.80. The van der Waals surface area contributed by atoms with Crippen molar-refractivity contribution in [3.63, 3.8) is 0 Å². The van der Waals surface area contributed by atoms with E-state index in [1.165, 1.54) is 47.5 Å². The van der Waals surface area contributed by atoms with Crippen molar-refractivity contribution in [2.75, 3.05) is 33.8 Å². The molecule has 0 aromatic heterocycles. The molecule has 0 spiro atoms. The van der Waals surface area contributed by atoms with Crippen LogP contribution in [-0.2, 0) is 9.59 Å². The molecule has 11 heteroatoms. The van der Waals surface area contributed by atoms with Crippen LogP contribution in [0.15, 0.2) is 34.5 Å². The predicted molar refractivity (Wildman–Crippen MR) is 117 cm³/mol. The molecule has 1 atom stereocenters. The first-order chi connectivity index (χ1) is 14.7. The minimum atomic E-state index is -1.46. The van der Waals surface area contributed by atoms with Crippen LogP contribution in [-0.4, -0.2) is 46.2 Å². The molecular weight excluding hydrogens is 449 g/mol. The first kappa shape index (κ1) is 24.2. The fourth-order valence-electron chi connectivity index (χ4n) is 2.47. The molecule has 0 saturated heterocycles. The Bertz CT molecular complexity index is 1010. The summed E-state index contributed by atoms with van der Waals surface area (Å²) in [5, 5.41) is 10.7. The molecule has 0 radical (unpaired) electrons. The third-order valence-electron chi connectivity index (χ3n) is 4.09. The monoisotopic (exact) mass is 469 g/mol. The standard InChI is InChI=1S/C20H21Cl2N3O6/c1-10(26)19(25-24-14-7-12(29-3)9-16(31-5)18(14)22)20(27)23-13-6-11(28-2)8-15(30-4)17(13)21/h6-9,19H,1-5H3,(H,23,27). The van der Waals surface area contributed by atoms with E-state index in [4.69, 9.17) is 42.1 Å². The SMILES string of the molecule is COc1cc(N=NC(C(C)=O)C(=O)Nc2cc(OC)cc(OC)c2Cl)c(Cl)c(OC)c1. The van der Waals surface area contributed by atoms with Gasteiger partial charge in [0, 0.05) is 24.3 Å². The second-order valence-corrected chi connectivity index (χ2v) is 6.83. The lowest BCUT2D eigenvalue weighted by Crippen LogP contribution is -2.32. The molecule has 31 heavy (non-hydrogen) atoms. The topological polar surface area (TPSA) is 108 Å². The third-order valence-corrected chi connectivity index (χ3v) is 4.86. The zero-order chi connectivity index (χ0) is 23.1. The third kappa shape index (κ3) is 5.77. The van der Waals surface area contributed by atoms with E-state index in [2.05, 4.69) is 15.5 Å². The molecule has 0 aliphatic carbocycles. The van der Waals surface area contributed by atoms with Gasteiger partial charge < -0.3 is 24.3 Å². The maximum atomic E-state index is 12.7. The maximum absolute atomic E-state index is 12.7. The number of ketones is 1. The number of azo groups is 1. The van der Waals surface area contributed by atoms with E-state index in [1.807, 2.05) is 0 Å². The van der Waals surface area contributed by atoms with Crippen LogP contribution in [0.3, 0.4) is 0 Å². The largest absolute Gasteiger partial charge is 0.497 e. The van der Waals surface area contributed by atoms with Gasteiger partial charge in [0.05, 0.1) is 34.1 Å². The molecule has 9 nitrogen and oxygen atoms in total. The van der Waals surface area contributed by atoms with Gasteiger partial charge in [-0.05, 0) is 6.92 Å². The molecule has 1 unspecified atom stereocenters. The van der Waals surface area contributed by atoms with E-state index in [0.717, 1.165) is 0 Å². The van der Waals surface area contributed by atoms with Crippen molar-refractivity contribution >= 4 is 46.3 Å². The Hall–Kier alpha value is -3.04. The van der Waals surface area contributed by atoms with Gasteiger partial charge in [-0.15, -0.1) is 0 Å². The zero-order valence-electron chi connectivity index (χ0n) is 17.5. The van der Waals surface area contributed by atoms with E-state index in [0.29, 0.717) is 17.2 Å². The van der Waals surface area contributed by atoms with Crippen LogP contribution >= 0.6 is 23.2 Å². The van der Waals surface area contributed by atoms with Crippen molar-refractivity contribution in [3.8, 4) is 23.0 Å². The number of hydrogen-bond donors (Lipinski definition) is 1. The van der Waals surface area contributed by atoms with Crippen LogP contribution in [0.1, 0.15) is 6.92 Å². The summed E-state index contributed by atoms with van der Waals surface area (Å²) in [6, 6.07) is 4.64. The summed E-state index contributed by atoms with van der Waals surface area (Å²) in [4.78, 5) is 24.8. The van der Waals surface area contributed by atoms with Gasteiger partial charge in [0.2, 0.25) is 6.04 Å². The number of nitrogens with zero attached hydrogens (tertiary/aromatic N) is 2. The average molecular weight is 470 g/mol. The van der Waals surface area contributed by atoms with Crippen LogP contribution in [0.2, 0.25) is 10.0 Å². The van der Waals surface area contributed by atoms with Crippen LogP contribution < -0.4 is 24.3 Å². The summed E-state index contributed by atoms with van der Waals surface area (Å²) in [5.41, 5.74) is 0.350. The Morgan fingerprint density at radius 3 is 1.94 bits per heavy atom. The molecule has 0 bridgehead atoms. The Morgan fingerprint density at radius 1 is 0.871 bits per heavy atom. The minimum Gasteiger partial charge on any atom is -0.497 e. The molecular formula is C20H21Cl2N3O6. The summed E-state index contributed by atoms with van der Waals surface area (Å²) in [6.07, 6.45) is 0. The van der Waals surface area contributed by atoms with Crippen molar-refractivity contribution in [3.05, 3.63) is 34.3 Å². The Morgan fingerprint density at radius 2 is 1.42 bits per heavy atom. The van der Waals surface area contributed by atoms with E-state index in [9.17, 15) is 9.59 Å². The number of hydrogen-bond acceptors (Lipinski definition) is 8. The summed E-state index contributed by atoms with van der Waals surface area (Å²) in [7, 11) is 5.76. The molecule has 1 N–H and O–H groups in total. The Kier molecular flexibility index (Phi) is 8.47. The smallest absolute Gasteiger partial charge is 0.258 e. The highest BCUT2D eigenvalue weighted by atomic mass is 35.5. The summed E-state index contributed by atoms with van der Waals surface area (Å²) in [5.74, 6) is 0.0985. The number of amides is 1. The van der Waals surface area contributed by atoms with Gasteiger partial charge in [0.15, 0.2) is 5.78 Å². The predicted octanol–water partition coefficient (Wildman–Crippen LogP) is 4.71. The highest BCUT2D eigenvalue weighted by Crippen LogP contribution is 2.39. The maximum Gasteiger partial charge on any atom is 0.258 e.